The number of nitrogens with zero attached hydrogens (tertiary/aromatic N) is 2. The molecule has 2 aromatic rings. The van der Waals surface area contributed by atoms with Gasteiger partial charge >= 0.3 is 5.97 Å². The summed E-state index contributed by atoms with van der Waals surface area (Å²) in [6.07, 6.45) is -1.73. The Morgan fingerprint density at radius 2 is 1.70 bits per heavy atom. The molecule has 0 aromatic heterocycles. The molecule has 1 heterocycles. The van der Waals surface area contributed by atoms with Crippen molar-refractivity contribution in [2.75, 3.05) is 27.2 Å². The minimum Gasteiger partial charge on any atom is -0.444 e. The van der Waals surface area contributed by atoms with Crippen molar-refractivity contribution in [3.05, 3.63) is 64.7 Å². The van der Waals surface area contributed by atoms with Gasteiger partial charge in [0.1, 0.15) is 4.90 Å². The van der Waals surface area contributed by atoms with Gasteiger partial charge in [0.2, 0.25) is 16.1 Å². The molecule has 0 radical (unpaired) electrons. The number of carbonyl (C=O) groups excluding carboxylic acids is 2. The predicted molar refractivity (Wildman–Crippen MR) is 124 cm³/mol. The summed E-state index contributed by atoms with van der Waals surface area (Å²) in [4.78, 5) is 26.8. The Bertz CT molecular complexity index is 1110. The molecule has 1 fully saturated rings. The van der Waals surface area contributed by atoms with E-state index < -0.39 is 28.0 Å². The van der Waals surface area contributed by atoms with Crippen molar-refractivity contribution < 1.29 is 27.5 Å². The fourth-order valence-corrected chi connectivity index (χ4v) is 5.68. The first-order valence-electron chi connectivity index (χ1n) is 10.4. The Labute approximate surface area is 199 Å². The highest BCUT2D eigenvalue weighted by Gasteiger charge is 2.34. The smallest absolute Gasteiger partial charge is 0.339 e. The SMILES string of the molecule is CC1CN(S(=O)(=O)c2cc(C(=O)OC(C(=O)N(C)C)c3ccccc3)ccc2Cl)CC(C)O1. The van der Waals surface area contributed by atoms with Crippen molar-refractivity contribution in [1.29, 1.82) is 0 Å². The summed E-state index contributed by atoms with van der Waals surface area (Å²) in [6.45, 7) is 3.92. The van der Waals surface area contributed by atoms with E-state index in [1.807, 2.05) is 0 Å². The zero-order chi connectivity index (χ0) is 24.3. The molecular formula is C23H27ClN2O6S. The van der Waals surface area contributed by atoms with Gasteiger partial charge in [-0.15, -0.1) is 0 Å². The van der Waals surface area contributed by atoms with E-state index in [-0.39, 0.29) is 40.8 Å². The van der Waals surface area contributed by atoms with Gasteiger partial charge in [0, 0.05) is 32.7 Å². The largest absolute Gasteiger partial charge is 0.444 e. The van der Waals surface area contributed by atoms with Crippen LogP contribution in [0.3, 0.4) is 0 Å². The average molecular weight is 495 g/mol. The highest BCUT2D eigenvalue weighted by Crippen LogP contribution is 2.29. The Kier molecular flexibility index (Phi) is 7.79. The third kappa shape index (κ3) is 5.73. The lowest BCUT2D eigenvalue weighted by Gasteiger charge is -2.34. The first-order chi connectivity index (χ1) is 15.5. The van der Waals surface area contributed by atoms with Crippen LogP contribution in [0.1, 0.15) is 35.9 Å². The van der Waals surface area contributed by atoms with Gasteiger partial charge in [0.25, 0.3) is 5.91 Å². The zero-order valence-corrected chi connectivity index (χ0v) is 20.5. The number of ether oxygens (including phenoxy) is 2. The standard InChI is InChI=1S/C23H27ClN2O6S/c1-15-13-26(14-16(2)31-15)33(29,30)20-12-18(10-11-19(20)24)23(28)32-21(22(27)25(3)4)17-8-6-5-7-9-17/h5-12,15-16,21H,13-14H2,1-4H3. The van der Waals surface area contributed by atoms with Gasteiger partial charge in [-0.2, -0.15) is 4.31 Å². The maximum Gasteiger partial charge on any atom is 0.339 e. The maximum absolute atomic E-state index is 13.3. The normalized spacial score (nSPS) is 20.2. The van der Waals surface area contributed by atoms with Crippen molar-refractivity contribution in [3.8, 4) is 0 Å². The average Bonchev–Trinajstić information content (AvgIpc) is 2.76. The van der Waals surface area contributed by atoms with Gasteiger partial charge in [0.15, 0.2) is 0 Å². The molecule has 3 unspecified atom stereocenters. The number of likely N-dealkylation sites (N-methyl/N-ethyl adjacent to an activating group) is 1. The fraction of sp³-hybridized carbons (Fsp3) is 0.391. The highest BCUT2D eigenvalue weighted by atomic mass is 35.5. The van der Waals surface area contributed by atoms with E-state index in [0.29, 0.717) is 5.56 Å². The predicted octanol–water partition coefficient (Wildman–Crippen LogP) is 3.12. The quantitative estimate of drug-likeness (QED) is 0.573. The highest BCUT2D eigenvalue weighted by molar-refractivity contribution is 7.89. The summed E-state index contributed by atoms with van der Waals surface area (Å²) in [7, 11) is -0.869. The van der Waals surface area contributed by atoms with Crippen LogP contribution < -0.4 is 0 Å². The number of amides is 1. The fourth-order valence-electron chi connectivity index (χ4n) is 3.59. The second kappa shape index (κ2) is 10.2. The molecule has 0 aliphatic carbocycles. The van der Waals surface area contributed by atoms with Crippen LogP contribution in [0.5, 0.6) is 0 Å². The van der Waals surface area contributed by atoms with Gasteiger partial charge in [-0.05, 0) is 32.0 Å². The second-order valence-corrected chi connectivity index (χ2v) is 10.5. The summed E-state index contributed by atoms with van der Waals surface area (Å²) in [6, 6.07) is 12.5. The molecule has 0 bridgehead atoms. The number of sulfonamides is 1. The Morgan fingerprint density at radius 3 is 2.27 bits per heavy atom. The lowest BCUT2D eigenvalue weighted by atomic mass is 10.1. The van der Waals surface area contributed by atoms with Crippen molar-refractivity contribution in [2.45, 2.75) is 37.1 Å². The van der Waals surface area contributed by atoms with Gasteiger partial charge in [-0.1, -0.05) is 41.9 Å². The van der Waals surface area contributed by atoms with Crippen LogP contribution in [-0.4, -0.2) is 68.9 Å². The minimum absolute atomic E-state index is 0.0117. The Morgan fingerprint density at radius 1 is 1.09 bits per heavy atom. The molecular weight excluding hydrogens is 468 g/mol. The van der Waals surface area contributed by atoms with Gasteiger partial charge in [-0.25, -0.2) is 13.2 Å². The minimum atomic E-state index is -3.99. The number of carbonyl (C=O) groups is 2. The summed E-state index contributed by atoms with van der Waals surface area (Å²) < 4.78 is 39.0. The van der Waals surface area contributed by atoms with Crippen molar-refractivity contribution >= 4 is 33.5 Å². The van der Waals surface area contributed by atoms with Crippen molar-refractivity contribution in [1.82, 2.24) is 9.21 Å². The molecule has 1 aliphatic heterocycles. The number of morpholine rings is 1. The first-order valence-corrected chi connectivity index (χ1v) is 12.2. The lowest BCUT2D eigenvalue weighted by molar-refractivity contribution is -0.138. The van der Waals surface area contributed by atoms with Gasteiger partial charge < -0.3 is 14.4 Å². The van der Waals surface area contributed by atoms with E-state index in [0.717, 1.165) is 0 Å². The van der Waals surface area contributed by atoms with E-state index in [1.165, 1.54) is 27.4 Å². The van der Waals surface area contributed by atoms with E-state index in [1.54, 1.807) is 58.3 Å². The van der Waals surface area contributed by atoms with E-state index in [4.69, 9.17) is 21.1 Å². The van der Waals surface area contributed by atoms with E-state index >= 15 is 0 Å². The summed E-state index contributed by atoms with van der Waals surface area (Å²) in [5.41, 5.74) is 0.475. The second-order valence-electron chi connectivity index (χ2n) is 8.15. The van der Waals surface area contributed by atoms with Crippen LogP contribution in [0.4, 0.5) is 0 Å². The number of hydrogen-bond acceptors (Lipinski definition) is 6. The monoisotopic (exact) mass is 494 g/mol. The molecule has 3 atom stereocenters. The molecule has 0 N–H and O–H groups in total. The molecule has 33 heavy (non-hydrogen) atoms. The van der Waals surface area contributed by atoms with Crippen molar-refractivity contribution in [2.24, 2.45) is 0 Å². The lowest BCUT2D eigenvalue weighted by Crippen LogP contribution is -2.48. The molecule has 2 aromatic carbocycles. The topological polar surface area (TPSA) is 93.2 Å². The molecule has 1 amide bonds. The molecule has 10 heteroatoms. The zero-order valence-electron chi connectivity index (χ0n) is 18.9. The van der Waals surface area contributed by atoms with Gasteiger partial charge in [-0.3, -0.25) is 4.79 Å². The number of halogens is 1. The van der Waals surface area contributed by atoms with Crippen LogP contribution in [0.25, 0.3) is 0 Å². The number of benzene rings is 2. The number of esters is 1. The van der Waals surface area contributed by atoms with Crippen molar-refractivity contribution in [3.63, 3.8) is 0 Å². The summed E-state index contributed by atoms with van der Waals surface area (Å²) >= 11 is 6.22. The molecule has 1 aliphatic rings. The Hall–Kier alpha value is -2.46. The van der Waals surface area contributed by atoms with Crippen LogP contribution in [-0.2, 0) is 24.3 Å². The van der Waals surface area contributed by atoms with Crippen LogP contribution in [0.2, 0.25) is 5.02 Å². The Balaban J connectivity index is 1.92. The van der Waals surface area contributed by atoms with E-state index in [2.05, 4.69) is 0 Å². The molecule has 0 spiro atoms. The third-order valence-electron chi connectivity index (χ3n) is 5.16. The van der Waals surface area contributed by atoms with Crippen LogP contribution >= 0.6 is 11.6 Å². The summed E-state index contributed by atoms with van der Waals surface area (Å²) in [5, 5.41) is -0.0117. The van der Waals surface area contributed by atoms with E-state index in [9.17, 15) is 18.0 Å². The van der Waals surface area contributed by atoms with Crippen LogP contribution in [0.15, 0.2) is 53.4 Å². The summed E-state index contributed by atoms with van der Waals surface area (Å²) in [5.74, 6) is -1.26. The number of rotatable bonds is 6. The molecule has 0 saturated carbocycles. The molecule has 178 valence electrons. The third-order valence-corrected chi connectivity index (χ3v) is 7.48. The molecule has 3 rings (SSSR count). The number of hydrogen-bond donors (Lipinski definition) is 0. The molecule has 8 nitrogen and oxygen atoms in total. The van der Waals surface area contributed by atoms with Crippen LogP contribution in [0, 0.1) is 0 Å². The first kappa shape index (κ1) is 25.2. The van der Waals surface area contributed by atoms with Gasteiger partial charge in [0.05, 0.1) is 22.8 Å². The maximum atomic E-state index is 13.3. The molecule has 1 saturated heterocycles.